The van der Waals surface area contributed by atoms with Crippen molar-refractivity contribution in [3.63, 3.8) is 0 Å². The fraction of sp³-hybridized carbons (Fsp3) is 0.500. The second-order valence-corrected chi connectivity index (χ2v) is 4.84. The third-order valence-corrected chi connectivity index (χ3v) is 3.54. The highest BCUT2D eigenvalue weighted by atomic mass is 16.5. The number of hydrogen-bond acceptors (Lipinski definition) is 4. The van der Waals surface area contributed by atoms with E-state index >= 15 is 0 Å². The fourth-order valence-electron chi connectivity index (χ4n) is 2.47. The lowest BCUT2D eigenvalue weighted by Gasteiger charge is -2.38. The molecule has 19 heavy (non-hydrogen) atoms. The number of rotatable bonds is 3. The van der Waals surface area contributed by atoms with Crippen molar-refractivity contribution in [2.45, 2.75) is 26.3 Å². The monoisotopic (exact) mass is 263 g/mol. The molecular formula is C14H21N3O2. The lowest BCUT2D eigenvalue weighted by molar-refractivity contribution is 0.0930. The van der Waals surface area contributed by atoms with E-state index in [0.29, 0.717) is 12.6 Å². The molecule has 1 unspecified atom stereocenters. The smallest absolute Gasteiger partial charge is 0.172 e. The van der Waals surface area contributed by atoms with Gasteiger partial charge in [0.05, 0.1) is 19.3 Å². The van der Waals surface area contributed by atoms with Gasteiger partial charge < -0.3 is 20.6 Å². The van der Waals surface area contributed by atoms with Gasteiger partial charge in [-0.15, -0.1) is 0 Å². The molecule has 1 heterocycles. The van der Waals surface area contributed by atoms with E-state index < -0.39 is 0 Å². The molecule has 1 saturated heterocycles. The summed E-state index contributed by atoms with van der Waals surface area (Å²) in [5.74, 6) is 0.153. The van der Waals surface area contributed by atoms with Crippen LogP contribution in [0, 0.1) is 6.92 Å². The highest BCUT2D eigenvalue weighted by Gasteiger charge is 2.24. The molecule has 0 aromatic heterocycles. The third kappa shape index (κ3) is 2.81. The van der Waals surface area contributed by atoms with Crippen LogP contribution in [0.15, 0.2) is 23.4 Å². The Morgan fingerprint density at radius 3 is 3.05 bits per heavy atom. The van der Waals surface area contributed by atoms with Crippen molar-refractivity contribution in [2.75, 3.05) is 24.7 Å². The van der Waals surface area contributed by atoms with E-state index in [4.69, 9.17) is 15.7 Å². The maximum absolute atomic E-state index is 8.94. The van der Waals surface area contributed by atoms with Crippen LogP contribution in [-0.2, 0) is 4.74 Å². The Morgan fingerprint density at radius 1 is 1.58 bits per heavy atom. The molecular weight excluding hydrogens is 242 g/mol. The van der Waals surface area contributed by atoms with Crippen LogP contribution >= 0.6 is 0 Å². The largest absolute Gasteiger partial charge is 0.409 e. The van der Waals surface area contributed by atoms with Crippen LogP contribution in [0.5, 0.6) is 0 Å². The molecule has 5 nitrogen and oxygen atoms in total. The Hall–Kier alpha value is -1.75. The lowest BCUT2D eigenvalue weighted by Crippen LogP contribution is -2.46. The topological polar surface area (TPSA) is 71.1 Å². The minimum atomic E-state index is 0.153. The van der Waals surface area contributed by atoms with Crippen LogP contribution in [-0.4, -0.2) is 36.8 Å². The van der Waals surface area contributed by atoms with E-state index in [0.717, 1.165) is 36.4 Å². The van der Waals surface area contributed by atoms with Gasteiger partial charge in [-0.05, 0) is 25.5 Å². The van der Waals surface area contributed by atoms with Gasteiger partial charge in [-0.2, -0.15) is 0 Å². The number of amidine groups is 1. The summed E-state index contributed by atoms with van der Waals surface area (Å²) in [5.41, 5.74) is 8.68. The zero-order valence-corrected chi connectivity index (χ0v) is 11.5. The molecule has 0 spiro atoms. The quantitative estimate of drug-likeness (QED) is 0.377. The van der Waals surface area contributed by atoms with E-state index in [1.807, 2.05) is 25.1 Å². The molecule has 1 aromatic carbocycles. The Labute approximate surface area is 113 Å². The van der Waals surface area contributed by atoms with Crippen molar-refractivity contribution < 1.29 is 9.94 Å². The van der Waals surface area contributed by atoms with Crippen molar-refractivity contribution in [1.82, 2.24) is 0 Å². The van der Waals surface area contributed by atoms with Crippen LogP contribution in [0.4, 0.5) is 5.69 Å². The van der Waals surface area contributed by atoms with Crippen molar-refractivity contribution >= 4 is 11.5 Å². The molecule has 0 saturated carbocycles. The Bertz CT molecular complexity index is 474. The molecule has 1 aliphatic rings. The van der Waals surface area contributed by atoms with Gasteiger partial charge in [0.2, 0.25) is 0 Å². The van der Waals surface area contributed by atoms with Gasteiger partial charge in [-0.25, -0.2) is 0 Å². The average Bonchev–Trinajstić information content (AvgIpc) is 2.46. The number of aryl methyl sites for hydroxylation is 1. The Balaban J connectivity index is 2.42. The summed E-state index contributed by atoms with van der Waals surface area (Å²) in [6.45, 7) is 6.39. The molecule has 1 aliphatic heterocycles. The fourth-order valence-corrected chi connectivity index (χ4v) is 2.47. The van der Waals surface area contributed by atoms with Gasteiger partial charge in [0.1, 0.15) is 0 Å². The van der Waals surface area contributed by atoms with E-state index in [2.05, 4.69) is 17.0 Å². The summed E-state index contributed by atoms with van der Waals surface area (Å²) in [4.78, 5) is 2.29. The van der Waals surface area contributed by atoms with Crippen molar-refractivity contribution in [1.29, 1.82) is 0 Å². The summed E-state index contributed by atoms with van der Waals surface area (Å²) < 4.78 is 5.52. The minimum absolute atomic E-state index is 0.153. The summed E-state index contributed by atoms with van der Waals surface area (Å²) in [6, 6.07) is 6.37. The first kappa shape index (κ1) is 13.7. The number of nitrogens with two attached hydrogens (primary N) is 1. The molecule has 1 aromatic rings. The van der Waals surface area contributed by atoms with Crippen LogP contribution < -0.4 is 10.6 Å². The molecule has 1 fully saturated rings. The van der Waals surface area contributed by atoms with Crippen molar-refractivity contribution in [3.05, 3.63) is 29.3 Å². The molecule has 2 rings (SSSR count). The van der Waals surface area contributed by atoms with Gasteiger partial charge in [-0.1, -0.05) is 23.7 Å². The maximum atomic E-state index is 8.94. The molecule has 1 atom stereocenters. The van der Waals surface area contributed by atoms with Crippen LogP contribution in [0.1, 0.15) is 24.5 Å². The molecule has 0 bridgehead atoms. The number of hydrogen-bond donors (Lipinski definition) is 2. The predicted molar refractivity (Wildman–Crippen MR) is 75.9 cm³/mol. The molecule has 104 valence electrons. The second-order valence-electron chi connectivity index (χ2n) is 4.84. The van der Waals surface area contributed by atoms with Crippen molar-refractivity contribution in [3.8, 4) is 0 Å². The first-order valence-corrected chi connectivity index (χ1v) is 6.60. The summed E-state index contributed by atoms with van der Waals surface area (Å²) in [5, 5.41) is 12.1. The number of anilines is 1. The van der Waals surface area contributed by atoms with Crippen molar-refractivity contribution in [2.24, 2.45) is 10.9 Å². The minimum Gasteiger partial charge on any atom is -0.409 e. The molecule has 5 heteroatoms. The van der Waals surface area contributed by atoms with Gasteiger partial charge in [-0.3, -0.25) is 0 Å². The Kier molecular flexibility index (Phi) is 4.27. The number of ether oxygens (including phenoxy) is 1. The van der Waals surface area contributed by atoms with Gasteiger partial charge in [0.15, 0.2) is 5.84 Å². The molecule has 0 aliphatic carbocycles. The average molecular weight is 263 g/mol. The maximum Gasteiger partial charge on any atom is 0.172 e. The number of morpholine rings is 1. The zero-order chi connectivity index (χ0) is 13.8. The first-order chi connectivity index (χ1) is 9.17. The number of benzene rings is 1. The highest BCUT2D eigenvalue weighted by molar-refractivity contribution is 6.02. The molecule has 0 radical (unpaired) electrons. The van der Waals surface area contributed by atoms with Crippen LogP contribution in [0.3, 0.4) is 0 Å². The lowest BCUT2D eigenvalue weighted by atomic mass is 10.0. The van der Waals surface area contributed by atoms with Gasteiger partial charge in [0, 0.05) is 17.8 Å². The van der Waals surface area contributed by atoms with Gasteiger partial charge >= 0.3 is 0 Å². The second kappa shape index (κ2) is 5.93. The standard InChI is InChI=1S/C14H21N3O2/c1-3-11-9-19-7-6-17(11)13-5-4-10(2)8-12(13)14(15)16-18/h4-5,8,11,18H,3,6-7,9H2,1-2H3,(H2,15,16). The predicted octanol–water partition coefficient (Wildman–Crippen LogP) is 1.70. The summed E-state index contributed by atoms with van der Waals surface area (Å²) in [6.07, 6.45) is 1.00. The number of oxime groups is 1. The summed E-state index contributed by atoms with van der Waals surface area (Å²) in [7, 11) is 0. The van der Waals surface area contributed by atoms with E-state index in [1.54, 1.807) is 0 Å². The Morgan fingerprint density at radius 2 is 2.37 bits per heavy atom. The SMILES string of the molecule is CCC1COCCN1c1ccc(C)cc1/C(N)=N/O. The third-order valence-electron chi connectivity index (χ3n) is 3.54. The van der Waals surface area contributed by atoms with E-state index in [9.17, 15) is 0 Å². The van der Waals surface area contributed by atoms with E-state index in [1.165, 1.54) is 0 Å². The van der Waals surface area contributed by atoms with E-state index in [-0.39, 0.29) is 5.84 Å². The molecule has 0 amide bonds. The summed E-state index contributed by atoms with van der Waals surface area (Å²) >= 11 is 0. The van der Waals surface area contributed by atoms with Gasteiger partial charge in [0.25, 0.3) is 0 Å². The molecule has 3 N–H and O–H groups in total. The first-order valence-electron chi connectivity index (χ1n) is 6.60. The normalized spacial score (nSPS) is 20.6. The highest BCUT2D eigenvalue weighted by Crippen LogP contribution is 2.26. The number of nitrogens with zero attached hydrogens (tertiary/aromatic N) is 2. The van der Waals surface area contributed by atoms with Crippen LogP contribution in [0.2, 0.25) is 0 Å². The zero-order valence-electron chi connectivity index (χ0n) is 11.5. The van der Waals surface area contributed by atoms with Crippen LogP contribution in [0.25, 0.3) is 0 Å².